The van der Waals surface area contributed by atoms with Crippen LogP contribution in [0.1, 0.15) is 78.6 Å². The molecule has 7 rings (SSSR count). The number of carbonyl (C=O) groups excluding carboxylic acids is 1. The van der Waals surface area contributed by atoms with Gasteiger partial charge in [-0.15, -0.1) is 0 Å². The van der Waals surface area contributed by atoms with E-state index in [4.69, 9.17) is 14.2 Å². The second-order valence-electron chi connectivity index (χ2n) is 12.0. The van der Waals surface area contributed by atoms with Crippen molar-refractivity contribution in [2.75, 3.05) is 17.2 Å². The number of fused-ring (bicyclic) bond motifs is 6. The minimum atomic E-state index is -1.16. The molecule has 2 N–H and O–H groups in total. The first kappa shape index (κ1) is 27.4. The van der Waals surface area contributed by atoms with Crippen molar-refractivity contribution < 1.29 is 19.0 Å². The van der Waals surface area contributed by atoms with Gasteiger partial charge in [-0.05, 0) is 99.7 Å². The lowest BCUT2D eigenvalue weighted by Crippen LogP contribution is -2.36. The Morgan fingerprint density at radius 3 is 2.49 bits per heavy atom. The quantitative estimate of drug-likeness (QED) is 0.215. The molecule has 6 heteroatoms. The van der Waals surface area contributed by atoms with E-state index in [1.54, 1.807) is 0 Å². The average molecular weight is 575 g/mol. The predicted octanol–water partition coefficient (Wildman–Crippen LogP) is 9.09. The van der Waals surface area contributed by atoms with Crippen molar-refractivity contribution in [3.8, 4) is 17.2 Å². The number of ether oxygens (including phenoxy) is 3. The summed E-state index contributed by atoms with van der Waals surface area (Å²) < 4.78 is 18.8. The predicted molar refractivity (Wildman–Crippen MR) is 170 cm³/mol. The topological polar surface area (TPSA) is 68.8 Å². The zero-order valence-electron chi connectivity index (χ0n) is 25.0. The number of benzene rings is 4. The smallest absolute Gasteiger partial charge is 0.340 e. The fourth-order valence-corrected chi connectivity index (χ4v) is 7.09. The first-order valence-corrected chi connectivity index (χ1v) is 15.5. The summed E-state index contributed by atoms with van der Waals surface area (Å²) in [5, 5.41) is 7.43. The fraction of sp³-hybridized carbons (Fsp3) is 0.324. The maximum absolute atomic E-state index is 13.6. The van der Waals surface area contributed by atoms with E-state index in [9.17, 15) is 4.79 Å². The van der Waals surface area contributed by atoms with E-state index in [0.29, 0.717) is 29.6 Å². The van der Waals surface area contributed by atoms with E-state index in [1.165, 1.54) is 32.1 Å². The van der Waals surface area contributed by atoms with Crippen molar-refractivity contribution in [3.05, 3.63) is 107 Å². The van der Waals surface area contributed by atoms with Crippen LogP contribution in [0.3, 0.4) is 0 Å². The SMILES string of the molecule is CCOc1ccc(Nc2cc3c(cc2C)Oc2cccc(NC(C)C4CCCCC4)c2C32OC(=O)c3ccccc32)cc1. The molecule has 2 unspecified atom stereocenters. The first-order chi connectivity index (χ1) is 21.0. The molecule has 43 heavy (non-hydrogen) atoms. The van der Waals surface area contributed by atoms with Gasteiger partial charge in [-0.25, -0.2) is 4.79 Å². The Morgan fingerprint density at radius 2 is 1.70 bits per heavy atom. The van der Waals surface area contributed by atoms with Gasteiger partial charge in [0.05, 0.1) is 17.7 Å². The molecular formula is C37H38N2O4. The van der Waals surface area contributed by atoms with Crippen LogP contribution >= 0.6 is 0 Å². The number of esters is 1. The van der Waals surface area contributed by atoms with Gasteiger partial charge < -0.3 is 24.8 Å². The van der Waals surface area contributed by atoms with Gasteiger partial charge in [-0.2, -0.15) is 0 Å². The van der Waals surface area contributed by atoms with Crippen molar-refractivity contribution in [3.63, 3.8) is 0 Å². The molecule has 0 saturated heterocycles. The molecule has 220 valence electrons. The van der Waals surface area contributed by atoms with Crippen LogP contribution in [-0.4, -0.2) is 18.6 Å². The van der Waals surface area contributed by atoms with Crippen LogP contribution in [0.2, 0.25) is 0 Å². The number of carbonyl (C=O) groups is 1. The highest BCUT2D eigenvalue weighted by molar-refractivity contribution is 5.97. The molecule has 1 aliphatic carbocycles. The van der Waals surface area contributed by atoms with Gasteiger partial charge in [0, 0.05) is 34.2 Å². The van der Waals surface area contributed by atoms with E-state index in [-0.39, 0.29) is 12.0 Å². The summed E-state index contributed by atoms with van der Waals surface area (Å²) in [5.74, 6) is 2.49. The molecule has 2 aliphatic heterocycles. The summed E-state index contributed by atoms with van der Waals surface area (Å²) in [6.45, 7) is 6.93. The maximum Gasteiger partial charge on any atom is 0.340 e. The average Bonchev–Trinajstić information content (AvgIpc) is 3.32. The van der Waals surface area contributed by atoms with Crippen LogP contribution in [0.5, 0.6) is 17.2 Å². The largest absolute Gasteiger partial charge is 0.494 e. The summed E-state index contributed by atoms with van der Waals surface area (Å²) in [6.07, 6.45) is 6.32. The summed E-state index contributed by atoms with van der Waals surface area (Å²) in [4.78, 5) is 13.6. The van der Waals surface area contributed by atoms with Crippen LogP contribution in [-0.2, 0) is 10.3 Å². The molecule has 0 bridgehead atoms. The Balaban J connectivity index is 1.36. The molecule has 3 aliphatic rings. The summed E-state index contributed by atoms with van der Waals surface area (Å²) >= 11 is 0. The maximum atomic E-state index is 13.6. The molecule has 2 atom stereocenters. The number of rotatable bonds is 7. The van der Waals surface area contributed by atoms with Crippen LogP contribution < -0.4 is 20.1 Å². The lowest BCUT2D eigenvalue weighted by atomic mass is 9.76. The number of hydrogen-bond acceptors (Lipinski definition) is 6. The monoisotopic (exact) mass is 574 g/mol. The van der Waals surface area contributed by atoms with E-state index in [0.717, 1.165) is 45.1 Å². The van der Waals surface area contributed by atoms with Gasteiger partial charge in [-0.1, -0.05) is 43.5 Å². The summed E-state index contributed by atoms with van der Waals surface area (Å²) in [7, 11) is 0. The summed E-state index contributed by atoms with van der Waals surface area (Å²) in [6, 6.07) is 26.2. The highest BCUT2D eigenvalue weighted by Gasteiger charge is 2.55. The van der Waals surface area contributed by atoms with Crippen LogP contribution in [0, 0.1) is 12.8 Å². The Hall–Kier alpha value is -4.45. The molecule has 4 aromatic carbocycles. The Labute approximate surface area is 253 Å². The zero-order valence-corrected chi connectivity index (χ0v) is 25.0. The molecular weight excluding hydrogens is 536 g/mol. The van der Waals surface area contributed by atoms with Crippen molar-refractivity contribution in [2.24, 2.45) is 5.92 Å². The first-order valence-electron chi connectivity index (χ1n) is 15.5. The van der Waals surface area contributed by atoms with E-state index in [2.05, 4.69) is 36.6 Å². The highest BCUT2D eigenvalue weighted by atomic mass is 16.6. The fourth-order valence-electron chi connectivity index (χ4n) is 7.09. The van der Waals surface area contributed by atoms with Gasteiger partial charge in [0.25, 0.3) is 0 Å². The third-order valence-corrected chi connectivity index (χ3v) is 9.26. The third kappa shape index (κ3) is 4.69. The van der Waals surface area contributed by atoms with Crippen molar-refractivity contribution in [1.29, 1.82) is 0 Å². The minimum absolute atomic E-state index is 0.271. The van der Waals surface area contributed by atoms with Gasteiger partial charge in [0.15, 0.2) is 5.60 Å². The highest BCUT2D eigenvalue weighted by Crippen LogP contribution is 2.59. The van der Waals surface area contributed by atoms with Crippen molar-refractivity contribution in [2.45, 2.75) is 64.5 Å². The van der Waals surface area contributed by atoms with E-state index < -0.39 is 5.60 Å². The Kier molecular flexibility index (Phi) is 7.00. The number of anilines is 3. The molecule has 1 saturated carbocycles. The standard InChI is InChI=1S/C37H38N2O4/c1-4-41-27-19-17-26(18-20-27)39-32-22-30-34(21-23(32)2)42-33-16-10-15-31(38-24(3)25-11-6-5-7-12-25)35(33)37(30)29-14-9-8-13-28(29)36(40)43-37/h8-10,13-22,24-25,38-39H,4-7,11-12H2,1-3H3. The van der Waals surface area contributed by atoms with Gasteiger partial charge in [0.2, 0.25) is 0 Å². The Bertz CT molecular complexity index is 1680. The minimum Gasteiger partial charge on any atom is -0.494 e. The molecule has 1 fully saturated rings. The molecule has 2 heterocycles. The molecule has 4 aromatic rings. The Morgan fingerprint density at radius 1 is 0.907 bits per heavy atom. The molecule has 0 aromatic heterocycles. The molecule has 6 nitrogen and oxygen atoms in total. The van der Waals surface area contributed by atoms with E-state index >= 15 is 0 Å². The number of aryl methyl sites for hydroxylation is 1. The second kappa shape index (κ2) is 11.0. The van der Waals surface area contributed by atoms with E-state index in [1.807, 2.05) is 73.7 Å². The van der Waals surface area contributed by atoms with Gasteiger partial charge >= 0.3 is 5.97 Å². The number of hydrogen-bond donors (Lipinski definition) is 2. The molecule has 0 radical (unpaired) electrons. The van der Waals surface area contributed by atoms with Crippen LogP contribution in [0.15, 0.2) is 78.9 Å². The lowest BCUT2D eigenvalue weighted by Gasteiger charge is -2.39. The number of nitrogens with one attached hydrogen (secondary N) is 2. The van der Waals surface area contributed by atoms with Crippen molar-refractivity contribution >= 4 is 23.0 Å². The van der Waals surface area contributed by atoms with Crippen molar-refractivity contribution in [1.82, 2.24) is 0 Å². The van der Waals surface area contributed by atoms with Gasteiger partial charge in [0.1, 0.15) is 17.2 Å². The third-order valence-electron chi connectivity index (χ3n) is 9.26. The van der Waals surface area contributed by atoms with Crippen LogP contribution in [0.4, 0.5) is 17.1 Å². The molecule has 0 amide bonds. The second-order valence-corrected chi connectivity index (χ2v) is 12.0. The normalized spacial score (nSPS) is 19.5. The molecule has 1 spiro atoms. The summed E-state index contributed by atoms with van der Waals surface area (Å²) in [5.41, 5.74) is 5.71. The van der Waals surface area contributed by atoms with Crippen LogP contribution in [0.25, 0.3) is 0 Å². The van der Waals surface area contributed by atoms with Gasteiger partial charge in [-0.3, -0.25) is 0 Å². The lowest BCUT2D eigenvalue weighted by molar-refractivity contribution is 0.0226. The zero-order chi connectivity index (χ0) is 29.6.